The van der Waals surface area contributed by atoms with Crippen molar-refractivity contribution in [2.75, 3.05) is 32.4 Å². The van der Waals surface area contributed by atoms with Gasteiger partial charge < -0.3 is 15.9 Å². The molecule has 0 amide bonds. The van der Waals surface area contributed by atoms with Crippen LogP contribution in [0.25, 0.3) is 0 Å². The molecule has 6 nitrogen and oxygen atoms in total. The second kappa shape index (κ2) is 4.25. The smallest absolute Gasteiger partial charge is 0.344 e. The van der Waals surface area contributed by atoms with Crippen LogP contribution in [0.1, 0.15) is 10.4 Å². The number of rotatable bonds is 3. The number of hydrogen-bond donors (Lipinski definition) is 2. The van der Waals surface area contributed by atoms with E-state index in [9.17, 15) is 4.79 Å². The fourth-order valence-electron chi connectivity index (χ4n) is 0.881. The summed E-state index contributed by atoms with van der Waals surface area (Å²) in [6.07, 6.45) is 0. The van der Waals surface area contributed by atoms with Crippen LogP contribution in [-0.2, 0) is 4.74 Å². The number of hydrogen-bond acceptors (Lipinski definition) is 7. The van der Waals surface area contributed by atoms with E-state index in [-0.39, 0.29) is 11.4 Å². The summed E-state index contributed by atoms with van der Waals surface area (Å²) >= 11 is 1.12. The van der Waals surface area contributed by atoms with Crippen molar-refractivity contribution in [3.8, 4) is 0 Å². The lowest BCUT2D eigenvalue weighted by molar-refractivity contribution is 0.0603. The van der Waals surface area contributed by atoms with Gasteiger partial charge in [0.2, 0.25) is 0 Å². The Morgan fingerprint density at radius 3 is 2.79 bits per heavy atom. The number of aromatic nitrogens is 1. The molecule has 0 aromatic carbocycles. The Labute approximate surface area is 85.8 Å². The van der Waals surface area contributed by atoms with Crippen LogP contribution in [0.3, 0.4) is 0 Å². The summed E-state index contributed by atoms with van der Waals surface area (Å²) in [5.41, 5.74) is 8.73. The maximum Gasteiger partial charge on any atom is 0.344 e. The Morgan fingerprint density at radius 2 is 2.29 bits per heavy atom. The van der Waals surface area contributed by atoms with Crippen molar-refractivity contribution in [3.05, 3.63) is 5.56 Å². The number of hydrazine groups is 1. The molecule has 14 heavy (non-hydrogen) atoms. The van der Waals surface area contributed by atoms with Crippen molar-refractivity contribution in [1.82, 2.24) is 9.38 Å². The molecule has 0 aliphatic rings. The van der Waals surface area contributed by atoms with E-state index < -0.39 is 5.97 Å². The van der Waals surface area contributed by atoms with Gasteiger partial charge in [-0.05, 0) is 11.5 Å². The van der Waals surface area contributed by atoms with Gasteiger partial charge in [0.05, 0.1) is 7.11 Å². The molecule has 0 saturated carbocycles. The number of anilines is 2. The highest BCUT2D eigenvalue weighted by Gasteiger charge is 2.19. The molecular weight excluding hydrogens is 204 g/mol. The molecule has 1 aromatic rings. The SMILES string of the molecule is COC(=O)c1c(N)nsc1NN(C)C. The van der Waals surface area contributed by atoms with Gasteiger partial charge in [-0.15, -0.1) is 0 Å². The number of nitrogens with two attached hydrogens (primary N) is 1. The molecule has 0 unspecified atom stereocenters. The van der Waals surface area contributed by atoms with Crippen molar-refractivity contribution < 1.29 is 9.53 Å². The molecular formula is C7H12N4O2S. The number of esters is 1. The molecule has 3 N–H and O–H groups in total. The minimum Gasteiger partial charge on any atom is -0.465 e. The quantitative estimate of drug-likeness (QED) is 0.562. The molecule has 0 bridgehead atoms. The molecule has 0 spiro atoms. The zero-order chi connectivity index (χ0) is 10.7. The van der Waals surface area contributed by atoms with E-state index in [1.807, 2.05) is 0 Å². The standard InChI is InChI=1S/C7H12N4O2S/c1-11(2)9-6-4(7(12)13-3)5(8)10-14-6/h9H,1-3H3,(H2,8,10). The third kappa shape index (κ3) is 2.12. The average Bonchev–Trinajstić information content (AvgIpc) is 2.45. The first-order valence-corrected chi connectivity index (χ1v) is 4.61. The molecule has 1 rings (SSSR count). The maximum atomic E-state index is 11.3. The lowest BCUT2D eigenvalue weighted by Crippen LogP contribution is -2.20. The molecule has 78 valence electrons. The number of ether oxygens (including phenoxy) is 1. The predicted molar refractivity (Wildman–Crippen MR) is 55.2 cm³/mol. The minimum absolute atomic E-state index is 0.186. The summed E-state index contributed by atoms with van der Waals surface area (Å²) in [5.74, 6) is -0.299. The third-order valence-corrected chi connectivity index (χ3v) is 2.20. The van der Waals surface area contributed by atoms with Crippen LogP contribution in [0.15, 0.2) is 0 Å². The van der Waals surface area contributed by atoms with Gasteiger partial charge in [0.15, 0.2) is 5.82 Å². The molecule has 0 aliphatic heterocycles. The van der Waals surface area contributed by atoms with Crippen molar-refractivity contribution in [2.24, 2.45) is 0 Å². The first-order valence-electron chi connectivity index (χ1n) is 3.83. The number of nitrogens with one attached hydrogen (secondary N) is 1. The molecule has 7 heteroatoms. The molecule has 0 aliphatic carbocycles. The topological polar surface area (TPSA) is 80.5 Å². The Hall–Kier alpha value is -1.34. The largest absolute Gasteiger partial charge is 0.465 e. The highest BCUT2D eigenvalue weighted by Crippen LogP contribution is 2.27. The van der Waals surface area contributed by atoms with Crippen LogP contribution in [0, 0.1) is 0 Å². The van der Waals surface area contributed by atoms with Gasteiger partial charge in [0, 0.05) is 14.1 Å². The Bertz CT molecular complexity index is 336. The van der Waals surface area contributed by atoms with E-state index in [2.05, 4.69) is 14.5 Å². The number of carbonyl (C=O) groups excluding carboxylic acids is 1. The van der Waals surface area contributed by atoms with E-state index in [0.29, 0.717) is 5.00 Å². The lowest BCUT2D eigenvalue weighted by atomic mass is 10.3. The zero-order valence-electron chi connectivity index (χ0n) is 8.20. The molecule has 0 saturated heterocycles. The van der Waals surface area contributed by atoms with Crippen molar-refractivity contribution >= 4 is 28.3 Å². The van der Waals surface area contributed by atoms with Crippen molar-refractivity contribution in [3.63, 3.8) is 0 Å². The molecule has 0 fully saturated rings. The first kappa shape index (κ1) is 10.7. The van der Waals surface area contributed by atoms with Crippen molar-refractivity contribution in [1.29, 1.82) is 0 Å². The summed E-state index contributed by atoms with van der Waals surface area (Å²) in [6.45, 7) is 0. The van der Waals surface area contributed by atoms with Gasteiger partial charge in [0.1, 0.15) is 10.6 Å². The number of carbonyl (C=O) groups is 1. The van der Waals surface area contributed by atoms with E-state index in [1.54, 1.807) is 19.1 Å². The monoisotopic (exact) mass is 216 g/mol. The lowest BCUT2D eigenvalue weighted by Gasteiger charge is -2.11. The highest BCUT2D eigenvalue weighted by atomic mass is 32.1. The van der Waals surface area contributed by atoms with Gasteiger partial charge >= 0.3 is 5.97 Å². The summed E-state index contributed by atoms with van der Waals surface area (Å²) in [5, 5.41) is 2.28. The van der Waals surface area contributed by atoms with Gasteiger partial charge in [-0.2, -0.15) is 4.37 Å². The summed E-state index contributed by atoms with van der Waals surface area (Å²) in [6, 6.07) is 0. The first-order chi connectivity index (χ1) is 6.56. The van der Waals surface area contributed by atoms with E-state index in [0.717, 1.165) is 11.5 Å². The fraction of sp³-hybridized carbons (Fsp3) is 0.429. The van der Waals surface area contributed by atoms with Crippen LogP contribution in [-0.4, -0.2) is 36.6 Å². The Morgan fingerprint density at radius 1 is 1.64 bits per heavy atom. The van der Waals surface area contributed by atoms with Crippen molar-refractivity contribution in [2.45, 2.75) is 0 Å². The number of nitrogen functional groups attached to an aromatic ring is 1. The van der Waals surface area contributed by atoms with E-state index in [4.69, 9.17) is 5.73 Å². The van der Waals surface area contributed by atoms with Gasteiger partial charge in [0.25, 0.3) is 0 Å². The van der Waals surface area contributed by atoms with Crippen LogP contribution in [0.5, 0.6) is 0 Å². The second-order valence-electron chi connectivity index (χ2n) is 2.77. The third-order valence-electron chi connectivity index (χ3n) is 1.43. The van der Waals surface area contributed by atoms with E-state index in [1.165, 1.54) is 7.11 Å². The van der Waals surface area contributed by atoms with Gasteiger partial charge in [-0.25, -0.2) is 9.80 Å². The highest BCUT2D eigenvalue weighted by molar-refractivity contribution is 7.11. The molecule has 0 atom stereocenters. The molecule has 0 radical (unpaired) electrons. The van der Waals surface area contributed by atoms with Crippen LogP contribution >= 0.6 is 11.5 Å². The zero-order valence-corrected chi connectivity index (χ0v) is 9.01. The van der Waals surface area contributed by atoms with Crippen LogP contribution in [0.4, 0.5) is 10.8 Å². The normalized spacial score (nSPS) is 10.3. The van der Waals surface area contributed by atoms with E-state index >= 15 is 0 Å². The van der Waals surface area contributed by atoms with Crippen LogP contribution in [0.2, 0.25) is 0 Å². The van der Waals surface area contributed by atoms with Crippen LogP contribution < -0.4 is 11.2 Å². The van der Waals surface area contributed by atoms with Gasteiger partial charge in [-0.3, -0.25) is 0 Å². The Kier molecular flexibility index (Phi) is 3.26. The molecule has 1 heterocycles. The minimum atomic E-state index is -0.486. The maximum absolute atomic E-state index is 11.3. The average molecular weight is 216 g/mol. The summed E-state index contributed by atoms with van der Waals surface area (Å²) in [4.78, 5) is 11.3. The van der Waals surface area contributed by atoms with Gasteiger partial charge in [-0.1, -0.05) is 0 Å². The Balaban J connectivity index is 3.00. The number of methoxy groups -OCH3 is 1. The summed E-state index contributed by atoms with van der Waals surface area (Å²) < 4.78 is 8.45. The fourth-order valence-corrected chi connectivity index (χ4v) is 1.66. The molecule has 1 aromatic heterocycles. The number of nitrogens with zero attached hydrogens (tertiary/aromatic N) is 2. The summed E-state index contributed by atoms with van der Waals surface area (Å²) in [7, 11) is 4.91. The second-order valence-corrected chi connectivity index (χ2v) is 3.54. The predicted octanol–water partition coefficient (Wildman–Crippen LogP) is 0.400.